The fourth-order valence-electron chi connectivity index (χ4n) is 4.10. The van der Waals surface area contributed by atoms with Gasteiger partial charge in [0.15, 0.2) is 11.5 Å². The van der Waals surface area contributed by atoms with Gasteiger partial charge in [-0.1, -0.05) is 32.9 Å². The highest BCUT2D eigenvalue weighted by Crippen LogP contribution is 2.51. The molecule has 4 nitrogen and oxygen atoms in total. The Morgan fingerprint density at radius 1 is 1.04 bits per heavy atom. The molecule has 1 aliphatic heterocycles. The van der Waals surface area contributed by atoms with Gasteiger partial charge in [-0.05, 0) is 59.7 Å². The summed E-state index contributed by atoms with van der Waals surface area (Å²) in [5.41, 5.74) is 4.18. The van der Waals surface area contributed by atoms with Crippen LogP contribution in [-0.4, -0.2) is 17.6 Å². The topological polar surface area (TPSA) is 51.3 Å². The third kappa shape index (κ3) is 2.79. The quantitative estimate of drug-likeness (QED) is 0.695. The first-order chi connectivity index (χ1) is 13.3. The zero-order chi connectivity index (χ0) is 19.5. The summed E-state index contributed by atoms with van der Waals surface area (Å²) < 4.78 is 10.9. The molecule has 3 aromatic rings. The standard InChI is InChI=1S/C24H25NO3/c1-23(2,3)21-12-16-10-15(4-6-18(16)25-21)11-22(26)24(8-9-24)17-5-7-19-20(13-17)28-14-27-19/h4-7,10,12-13,25H,8-9,11,14H2,1-3H3. The summed E-state index contributed by atoms with van der Waals surface area (Å²) in [5, 5.41) is 1.17. The number of nitrogens with one attached hydrogen (secondary N) is 1. The largest absolute Gasteiger partial charge is 0.454 e. The van der Waals surface area contributed by atoms with Gasteiger partial charge in [0.05, 0.1) is 5.41 Å². The average molecular weight is 375 g/mol. The van der Waals surface area contributed by atoms with Gasteiger partial charge in [-0.2, -0.15) is 0 Å². The average Bonchev–Trinajstić information content (AvgIpc) is 3.13. The molecular weight excluding hydrogens is 350 g/mol. The highest BCUT2D eigenvalue weighted by atomic mass is 16.7. The van der Waals surface area contributed by atoms with Gasteiger partial charge in [0.25, 0.3) is 0 Å². The molecule has 5 rings (SSSR count). The van der Waals surface area contributed by atoms with Crippen LogP contribution in [0, 0.1) is 0 Å². The van der Waals surface area contributed by atoms with Crippen molar-refractivity contribution in [1.29, 1.82) is 0 Å². The number of hydrogen-bond donors (Lipinski definition) is 1. The minimum atomic E-state index is -0.356. The lowest BCUT2D eigenvalue weighted by Gasteiger charge is -2.15. The molecule has 2 aliphatic rings. The molecule has 0 unspecified atom stereocenters. The Labute approximate surface area is 164 Å². The summed E-state index contributed by atoms with van der Waals surface area (Å²) in [5.74, 6) is 1.80. The monoisotopic (exact) mass is 375 g/mol. The zero-order valence-corrected chi connectivity index (χ0v) is 16.6. The molecule has 2 aromatic carbocycles. The highest BCUT2D eigenvalue weighted by molar-refractivity contribution is 5.95. The molecule has 1 aliphatic carbocycles. The Balaban J connectivity index is 1.40. The van der Waals surface area contributed by atoms with Gasteiger partial charge in [0, 0.05) is 23.0 Å². The predicted molar refractivity (Wildman–Crippen MR) is 109 cm³/mol. The Bertz CT molecular complexity index is 1080. The number of benzene rings is 2. The summed E-state index contributed by atoms with van der Waals surface area (Å²) in [7, 11) is 0. The number of fused-ring (bicyclic) bond motifs is 2. The summed E-state index contributed by atoms with van der Waals surface area (Å²) in [4.78, 5) is 16.7. The number of hydrogen-bond acceptors (Lipinski definition) is 3. The predicted octanol–water partition coefficient (Wildman–Crippen LogP) is 5.04. The number of carbonyl (C=O) groups excluding carboxylic acids is 1. The van der Waals surface area contributed by atoms with E-state index in [0.717, 1.165) is 41.0 Å². The van der Waals surface area contributed by atoms with Crippen LogP contribution in [0.5, 0.6) is 11.5 Å². The van der Waals surface area contributed by atoms with Crippen molar-refractivity contribution in [3.05, 3.63) is 59.3 Å². The second-order valence-electron chi connectivity index (χ2n) is 9.10. The SMILES string of the molecule is CC(C)(C)c1cc2cc(CC(=O)C3(c4ccc5c(c4)OCO5)CC3)ccc2[nH]1. The Hall–Kier alpha value is -2.75. The number of aromatic nitrogens is 1. The molecule has 4 heteroatoms. The second kappa shape index (κ2) is 5.87. The van der Waals surface area contributed by atoms with E-state index < -0.39 is 0 Å². The molecule has 0 bridgehead atoms. The number of ether oxygens (including phenoxy) is 2. The van der Waals surface area contributed by atoms with Crippen molar-refractivity contribution in [2.75, 3.05) is 6.79 Å². The molecule has 0 amide bonds. The van der Waals surface area contributed by atoms with E-state index in [1.165, 1.54) is 11.1 Å². The van der Waals surface area contributed by atoms with Crippen LogP contribution in [-0.2, 0) is 22.0 Å². The number of Topliss-reactive ketones (excluding diaryl/α,β-unsaturated/α-hetero) is 1. The molecule has 1 saturated carbocycles. The van der Waals surface area contributed by atoms with Gasteiger partial charge in [-0.15, -0.1) is 0 Å². The van der Waals surface area contributed by atoms with E-state index in [2.05, 4.69) is 50.0 Å². The van der Waals surface area contributed by atoms with Crippen LogP contribution in [0.4, 0.5) is 0 Å². The maximum Gasteiger partial charge on any atom is 0.231 e. The van der Waals surface area contributed by atoms with E-state index in [-0.39, 0.29) is 23.4 Å². The lowest BCUT2D eigenvalue weighted by molar-refractivity contribution is -0.120. The lowest BCUT2D eigenvalue weighted by Crippen LogP contribution is -2.22. The van der Waals surface area contributed by atoms with Crippen molar-refractivity contribution in [3.63, 3.8) is 0 Å². The first-order valence-electron chi connectivity index (χ1n) is 9.91. The number of rotatable bonds is 4. The number of carbonyl (C=O) groups is 1. The van der Waals surface area contributed by atoms with E-state index >= 15 is 0 Å². The van der Waals surface area contributed by atoms with E-state index in [0.29, 0.717) is 6.42 Å². The lowest BCUT2D eigenvalue weighted by atomic mass is 9.87. The molecular formula is C24H25NO3. The number of ketones is 1. The summed E-state index contributed by atoms with van der Waals surface area (Å²) in [6, 6.07) is 14.4. The normalized spacial score (nSPS) is 17.1. The Morgan fingerprint density at radius 2 is 1.82 bits per heavy atom. The summed E-state index contributed by atoms with van der Waals surface area (Å²) in [6.07, 6.45) is 2.28. The third-order valence-electron chi connectivity index (χ3n) is 6.07. The smallest absolute Gasteiger partial charge is 0.231 e. The second-order valence-corrected chi connectivity index (χ2v) is 9.10. The number of H-pyrrole nitrogens is 1. The molecule has 0 radical (unpaired) electrons. The fourth-order valence-corrected chi connectivity index (χ4v) is 4.10. The van der Waals surface area contributed by atoms with Gasteiger partial charge in [0.2, 0.25) is 6.79 Å². The molecule has 28 heavy (non-hydrogen) atoms. The van der Waals surface area contributed by atoms with E-state index in [9.17, 15) is 4.79 Å². The van der Waals surface area contributed by atoms with Crippen molar-refractivity contribution in [3.8, 4) is 11.5 Å². The van der Waals surface area contributed by atoms with Crippen LogP contribution >= 0.6 is 0 Å². The van der Waals surface area contributed by atoms with Crippen molar-refractivity contribution in [2.24, 2.45) is 0 Å². The van der Waals surface area contributed by atoms with Crippen molar-refractivity contribution < 1.29 is 14.3 Å². The third-order valence-corrected chi connectivity index (χ3v) is 6.07. The molecule has 144 valence electrons. The highest BCUT2D eigenvalue weighted by Gasteiger charge is 2.50. The van der Waals surface area contributed by atoms with E-state index in [1.807, 2.05) is 18.2 Å². The van der Waals surface area contributed by atoms with Gasteiger partial charge >= 0.3 is 0 Å². The summed E-state index contributed by atoms with van der Waals surface area (Å²) >= 11 is 0. The van der Waals surface area contributed by atoms with Crippen molar-refractivity contribution in [1.82, 2.24) is 4.98 Å². The van der Waals surface area contributed by atoms with Crippen LogP contribution in [0.2, 0.25) is 0 Å². The molecule has 0 atom stereocenters. The molecule has 1 fully saturated rings. The minimum absolute atomic E-state index is 0.0758. The van der Waals surface area contributed by atoms with Crippen molar-refractivity contribution >= 4 is 16.7 Å². The maximum absolute atomic E-state index is 13.2. The summed E-state index contributed by atoms with van der Waals surface area (Å²) in [6.45, 7) is 6.85. The van der Waals surface area contributed by atoms with Gasteiger partial charge < -0.3 is 14.5 Å². The first-order valence-corrected chi connectivity index (χ1v) is 9.91. The molecule has 1 aromatic heterocycles. The van der Waals surface area contributed by atoms with E-state index in [4.69, 9.17) is 9.47 Å². The van der Waals surface area contributed by atoms with Gasteiger partial charge in [-0.25, -0.2) is 0 Å². The maximum atomic E-state index is 13.2. The fraction of sp³-hybridized carbons (Fsp3) is 0.375. The van der Waals surface area contributed by atoms with Gasteiger partial charge in [0.1, 0.15) is 5.78 Å². The van der Waals surface area contributed by atoms with Crippen LogP contribution in [0.15, 0.2) is 42.5 Å². The molecule has 0 spiro atoms. The van der Waals surface area contributed by atoms with E-state index in [1.54, 1.807) is 0 Å². The van der Waals surface area contributed by atoms with Crippen LogP contribution in [0.25, 0.3) is 10.9 Å². The minimum Gasteiger partial charge on any atom is -0.454 e. The zero-order valence-electron chi connectivity index (χ0n) is 16.6. The first kappa shape index (κ1) is 17.4. The van der Waals surface area contributed by atoms with Crippen LogP contribution in [0.3, 0.4) is 0 Å². The molecule has 2 heterocycles. The van der Waals surface area contributed by atoms with Crippen LogP contribution < -0.4 is 9.47 Å². The molecule has 0 saturated heterocycles. The Morgan fingerprint density at radius 3 is 2.57 bits per heavy atom. The van der Waals surface area contributed by atoms with Crippen LogP contribution in [0.1, 0.15) is 50.4 Å². The molecule has 1 N–H and O–H groups in total. The van der Waals surface area contributed by atoms with Gasteiger partial charge in [-0.3, -0.25) is 4.79 Å². The van der Waals surface area contributed by atoms with Crippen molar-refractivity contribution in [2.45, 2.75) is 50.9 Å². The number of aromatic amines is 1. The Kier molecular flexibility index (Phi) is 3.64.